The van der Waals surface area contributed by atoms with Crippen LogP contribution in [0.1, 0.15) is 42.0 Å². The summed E-state index contributed by atoms with van der Waals surface area (Å²) in [6.45, 7) is 2.71. The molecule has 1 aromatic heterocycles. The molecule has 0 bridgehead atoms. The number of aromatic nitrogens is 3. The molecule has 1 heterocycles. The second kappa shape index (κ2) is 7.63. The first-order valence-electron chi connectivity index (χ1n) is 8.61. The molecule has 1 fully saturated rings. The Hall–Kier alpha value is -2.77. The fraction of sp³-hybridized carbons (Fsp3) is 0.500. The molecule has 0 aliphatic heterocycles. The highest BCUT2D eigenvalue weighted by Crippen LogP contribution is 2.41. The Morgan fingerprint density at radius 2 is 1.88 bits per heavy atom. The zero-order valence-electron chi connectivity index (χ0n) is 15.5. The van der Waals surface area contributed by atoms with Gasteiger partial charge in [-0.25, -0.2) is 9.67 Å². The van der Waals surface area contributed by atoms with Gasteiger partial charge in [-0.2, -0.15) is 5.10 Å². The van der Waals surface area contributed by atoms with Crippen LogP contribution < -0.4 is 19.5 Å². The van der Waals surface area contributed by atoms with Crippen molar-refractivity contribution in [3.63, 3.8) is 0 Å². The Bertz CT molecular complexity index is 760. The second-order valence-electron chi connectivity index (χ2n) is 6.14. The van der Waals surface area contributed by atoms with Crippen LogP contribution in [0.4, 0.5) is 0 Å². The Labute approximate surface area is 152 Å². The number of aryl methyl sites for hydroxylation is 1. The van der Waals surface area contributed by atoms with Gasteiger partial charge >= 0.3 is 0 Å². The number of carbonyl (C=O) groups is 1. The highest BCUT2D eigenvalue weighted by atomic mass is 16.5. The van der Waals surface area contributed by atoms with E-state index in [9.17, 15) is 4.79 Å². The van der Waals surface area contributed by atoms with Crippen molar-refractivity contribution in [3.05, 3.63) is 29.8 Å². The molecule has 1 atom stereocenters. The Morgan fingerprint density at radius 1 is 1.23 bits per heavy atom. The topological polar surface area (TPSA) is 87.5 Å². The number of methoxy groups -OCH3 is 3. The molecule has 1 unspecified atom stereocenters. The van der Waals surface area contributed by atoms with Crippen molar-refractivity contribution in [1.82, 2.24) is 20.1 Å². The van der Waals surface area contributed by atoms with Crippen LogP contribution in [-0.4, -0.2) is 42.0 Å². The number of ether oxygens (including phenoxy) is 3. The number of carbonyl (C=O) groups excluding carboxylic acids is 1. The van der Waals surface area contributed by atoms with Crippen LogP contribution in [0.2, 0.25) is 0 Å². The summed E-state index contributed by atoms with van der Waals surface area (Å²) in [5.74, 6) is 2.29. The largest absolute Gasteiger partial charge is 0.493 e. The van der Waals surface area contributed by atoms with Gasteiger partial charge in [0.25, 0.3) is 5.91 Å². The predicted molar refractivity (Wildman–Crippen MR) is 94.7 cm³/mol. The van der Waals surface area contributed by atoms with E-state index in [-0.39, 0.29) is 11.9 Å². The van der Waals surface area contributed by atoms with E-state index >= 15 is 0 Å². The number of nitrogens with zero attached hydrogens (tertiary/aromatic N) is 3. The van der Waals surface area contributed by atoms with Crippen molar-refractivity contribution in [1.29, 1.82) is 0 Å². The van der Waals surface area contributed by atoms with E-state index in [1.807, 2.05) is 11.6 Å². The lowest BCUT2D eigenvalue weighted by Crippen LogP contribution is -2.32. The van der Waals surface area contributed by atoms with Crippen molar-refractivity contribution < 1.29 is 19.0 Å². The van der Waals surface area contributed by atoms with Crippen LogP contribution in [0.25, 0.3) is 0 Å². The van der Waals surface area contributed by atoms with Gasteiger partial charge in [-0.05, 0) is 37.8 Å². The molecule has 1 aliphatic rings. The molecule has 1 amide bonds. The van der Waals surface area contributed by atoms with E-state index in [1.54, 1.807) is 12.1 Å². The number of amides is 1. The van der Waals surface area contributed by atoms with Crippen LogP contribution in [0.3, 0.4) is 0 Å². The zero-order chi connectivity index (χ0) is 18.7. The molecule has 26 heavy (non-hydrogen) atoms. The average Bonchev–Trinajstić information content (AvgIpc) is 3.41. The third kappa shape index (κ3) is 3.44. The van der Waals surface area contributed by atoms with Crippen LogP contribution in [-0.2, 0) is 6.54 Å². The third-order valence-electron chi connectivity index (χ3n) is 4.53. The number of hydrogen-bond acceptors (Lipinski definition) is 6. The van der Waals surface area contributed by atoms with Gasteiger partial charge in [-0.15, -0.1) is 0 Å². The molecule has 0 radical (unpaired) electrons. The molecule has 140 valence electrons. The minimum atomic E-state index is -0.216. The number of nitrogens with one attached hydrogen (secondary N) is 1. The number of benzene rings is 1. The Balaban J connectivity index is 1.89. The summed E-state index contributed by atoms with van der Waals surface area (Å²) in [4.78, 5) is 17.3. The van der Waals surface area contributed by atoms with Crippen LogP contribution in [0, 0.1) is 5.92 Å². The van der Waals surface area contributed by atoms with Gasteiger partial charge in [0, 0.05) is 12.1 Å². The molecule has 8 heteroatoms. The highest BCUT2D eigenvalue weighted by Gasteiger charge is 2.36. The summed E-state index contributed by atoms with van der Waals surface area (Å²) in [5.41, 5.74) is 0.438. The summed E-state index contributed by atoms with van der Waals surface area (Å²) < 4.78 is 17.8. The number of rotatable bonds is 8. The normalized spacial score (nSPS) is 14.6. The number of hydrogen-bond donors (Lipinski definition) is 1. The maximum atomic E-state index is 12.9. The zero-order valence-corrected chi connectivity index (χ0v) is 15.5. The molecule has 1 saturated carbocycles. The van der Waals surface area contributed by atoms with Gasteiger partial charge in [-0.1, -0.05) is 0 Å². The highest BCUT2D eigenvalue weighted by molar-refractivity contribution is 5.95. The predicted octanol–water partition coefficient (Wildman–Crippen LogP) is 2.20. The second-order valence-corrected chi connectivity index (χ2v) is 6.14. The molecule has 0 spiro atoms. The van der Waals surface area contributed by atoms with Crippen LogP contribution in [0.15, 0.2) is 18.5 Å². The van der Waals surface area contributed by atoms with Crippen LogP contribution >= 0.6 is 0 Å². The van der Waals surface area contributed by atoms with E-state index in [4.69, 9.17) is 14.2 Å². The molecular formula is C18H24N4O4. The molecular weight excluding hydrogens is 336 g/mol. The average molecular weight is 360 g/mol. The van der Waals surface area contributed by atoms with Gasteiger partial charge in [0.05, 0.1) is 27.4 Å². The van der Waals surface area contributed by atoms with Crippen molar-refractivity contribution in [3.8, 4) is 17.2 Å². The smallest absolute Gasteiger partial charge is 0.252 e. The minimum Gasteiger partial charge on any atom is -0.493 e. The molecule has 1 N–H and O–H groups in total. The van der Waals surface area contributed by atoms with Gasteiger partial charge in [0.15, 0.2) is 11.5 Å². The fourth-order valence-electron chi connectivity index (χ4n) is 3.02. The van der Waals surface area contributed by atoms with Gasteiger partial charge in [0.2, 0.25) is 5.75 Å². The van der Waals surface area contributed by atoms with E-state index in [0.29, 0.717) is 35.3 Å². The monoisotopic (exact) mass is 360 g/mol. The lowest BCUT2D eigenvalue weighted by molar-refractivity contribution is 0.0927. The summed E-state index contributed by atoms with van der Waals surface area (Å²) >= 11 is 0. The Kier molecular flexibility index (Phi) is 5.29. The molecule has 8 nitrogen and oxygen atoms in total. The van der Waals surface area contributed by atoms with Crippen molar-refractivity contribution in [2.45, 2.75) is 32.4 Å². The fourth-order valence-corrected chi connectivity index (χ4v) is 3.02. The quantitative estimate of drug-likeness (QED) is 0.777. The van der Waals surface area contributed by atoms with Gasteiger partial charge in [0.1, 0.15) is 12.2 Å². The SMILES string of the molecule is CCn1ncnc1C(NC(=O)c1cc(OC)c(OC)c(OC)c1)C1CC1. The van der Waals surface area contributed by atoms with E-state index in [0.717, 1.165) is 18.7 Å². The maximum Gasteiger partial charge on any atom is 0.252 e. The van der Waals surface area contributed by atoms with Crippen molar-refractivity contribution >= 4 is 5.91 Å². The standard InChI is InChI=1S/C18H24N4O4/c1-5-22-17(19-10-20-22)15(11-6-7-11)21-18(23)12-8-13(24-2)16(26-4)14(9-12)25-3/h8-11,15H,5-7H2,1-4H3,(H,21,23). The Morgan fingerprint density at radius 3 is 2.38 bits per heavy atom. The summed E-state index contributed by atoms with van der Waals surface area (Å²) in [7, 11) is 4.58. The lowest BCUT2D eigenvalue weighted by Gasteiger charge is -2.19. The summed E-state index contributed by atoms with van der Waals surface area (Å²) in [6, 6.07) is 3.13. The summed E-state index contributed by atoms with van der Waals surface area (Å²) in [6.07, 6.45) is 3.66. The molecule has 1 aromatic carbocycles. The minimum absolute atomic E-state index is 0.163. The first-order chi connectivity index (χ1) is 12.6. The van der Waals surface area contributed by atoms with E-state index in [1.165, 1.54) is 27.7 Å². The molecule has 1 aliphatic carbocycles. The first-order valence-corrected chi connectivity index (χ1v) is 8.61. The first kappa shape index (κ1) is 18.0. The van der Waals surface area contributed by atoms with E-state index < -0.39 is 0 Å². The molecule has 0 saturated heterocycles. The van der Waals surface area contributed by atoms with Crippen LogP contribution in [0.5, 0.6) is 17.2 Å². The molecule has 3 rings (SSSR count). The van der Waals surface area contributed by atoms with Crippen molar-refractivity contribution in [2.75, 3.05) is 21.3 Å². The molecule has 2 aromatic rings. The van der Waals surface area contributed by atoms with E-state index in [2.05, 4.69) is 15.4 Å². The van der Waals surface area contributed by atoms with Gasteiger partial charge in [-0.3, -0.25) is 4.79 Å². The third-order valence-corrected chi connectivity index (χ3v) is 4.53. The van der Waals surface area contributed by atoms with Crippen molar-refractivity contribution in [2.24, 2.45) is 5.92 Å². The lowest BCUT2D eigenvalue weighted by atomic mass is 10.1. The van der Waals surface area contributed by atoms with Gasteiger partial charge < -0.3 is 19.5 Å². The summed E-state index contributed by atoms with van der Waals surface area (Å²) in [5, 5.41) is 7.32. The maximum absolute atomic E-state index is 12.9.